The van der Waals surface area contributed by atoms with Crippen molar-refractivity contribution in [3.8, 4) is 0 Å². The van der Waals surface area contributed by atoms with Crippen molar-refractivity contribution in [2.45, 2.75) is 12.8 Å². The molecule has 0 saturated carbocycles. The lowest BCUT2D eigenvalue weighted by Gasteiger charge is -2.23. The average Bonchev–Trinajstić information content (AvgIpc) is 2.04. The molecule has 0 aromatic carbocycles. The van der Waals surface area contributed by atoms with Crippen LogP contribution in [0.3, 0.4) is 0 Å². The van der Waals surface area contributed by atoms with Crippen molar-refractivity contribution in [1.82, 2.24) is 4.90 Å². The van der Waals surface area contributed by atoms with Gasteiger partial charge in [0.25, 0.3) is 0 Å². The van der Waals surface area contributed by atoms with Crippen molar-refractivity contribution in [2.75, 3.05) is 13.6 Å². The maximum Gasteiger partial charge on any atom is 0.0649 e. The summed E-state index contributed by atoms with van der Waals surface area (Å²) in [4.78, 5) is 6.52. The van der Waals surface area contributed by atoms with Crippen molar-refractivity contribution in [3.05, 3.63) is 23.5 Å². The van der Waals surface area contributed by atoms with Crippen molar-refractivity contribution in [3.63, 3.8) is 0 Å². The molecule has 2 heterocycles. The molecule has 2 aliphatic heterocycles. The van der Waals surface area contributed by atoms with Gasteiger partial charge in [0.15, 0.2) is 0 Å². The lowest BCUT2D eigenvalue weighted by molar-refractivity contribution is 0.478. The Morgan fingerprint density at radius 1 is 1.55 bits per heavy atom. The molecule has 0 spiro atoms. The van der Waals surface area contributed by atoms with Crippen LogP contribution in [0.1, 0.15) is 12.8 Å². The van der Waals surface area contributed by atoms with E-state index in [9.17, 15) is 0 Å². The van der Waals surface area contributed by atoms with Gasteiger partial charge < -0.3 is 4.90 Å². The van der Waals surface area contributed by atoms with E-state index in [4.69, 9.17) is 0 Å². The zero-order valence-corrected chi connectivity index (χ0v) is 6.75. The second-order valence-corrected chi connectivity index (χ2v) is 3.07. The monoisotopic (exact) mass is 148 g/mol. The van der Waals surface area contributed by atoms with E-state index in [1.165, 1.54) is 17.7 Å². The number of nitrogens with zero attached hydrogens (tertiary/aromatic N) is 2. The first-order valence-corrected chi connectivity index (χ1v) is 3.99. The van der Waals surface area contributed by atoms with E-state index in [1.807, 2.05) is 6.21 Å². The highest BCUT2D eigenvalue weighted by atomic mass is 15.1. The van der Waals surface area contributed by atoms with E-state index in [1.54, 1.807) is 0 Å². The molecule has 2 rings (SSSR count). The highest BCUT2D eigenvalue weighted by molar-refractivity contribution is 5.63. The molecule has 0 bridgehead atoms. The maximum absolute atomic E-state index is 4.33. The second-order valence-electron chi connectivity index (χ2n) is 3.07. The van der Waals surface area contributed by atoms with Gasteiger partial charge in [-0.15, -0.1) is 0 Å². The third-order valence-electron chi connectivity index (χ3n) is 2.09. The first-order chi connectivity index (χ1) is 5.36. The third-order valence-corrected chi connectivity index (χ3v) is 2.09. The molecule has 0 unspecified atom stereocenters. The Bertz CT molecular complexity index is 248. The van der Waals surface area contributed by atoms with Gasteiger partial charge in [-0.3, -0.25) is 4.99 Å². The standard InChI is InChI=1S/C9H12N2/c1-11-6-4-9-8(7-11)3-2-5-10-9/h4-6H,2-3,7H2,1H3. The lowest BCUT2D eigenvalue weighted by Crippen LogP contribution is -2.19. The average molecular weight is 148 g/mol. The number of aliphatic imine (C=N–C) groups is 1. The van der Waals surface area contributed by atoms with Gasteiger partial charge in [0, 0.05) is 26.0 Å². The molecule has 0 aromatic heterocycles. The van der Waals surface area contributed by atoms with Crippen molar-refractivity contribution in [1.29, 1.82) is 0 Å². The molecule has 0 amide bonds. The first kappa shape index (κ1) is 6.65. The van der Waals surface area contributed by atoms with Gasteiger partial charge in [-0.25, -0.2) is 0 Å². The van der Waals surface area contributed by atoms with Gasteiger partial charge in [0.1, 0.15) is 0 Å². The molecular weight excluding hydrogens is 136 g/mol. The van der Waals surface area contributed by atoms with Crippen LogP contribution in [0.15, 0.2) is 28.5 Å². The summed E-state index contributed by atoms with van der Waals surface area (Å²) in [6.45, 7) is 1.06. The van der Waals surface area contributed by atoms with Crippen LogP contribution < -0.4 is 0 Å². The van der Waals surface area contributed by atoms with Crippen LogP contribution in [-0.4, -0.2) is 24.7 Å². The summed E-state index contributed by atoms with van der Waals surface area (Å²) < 4.78 is 0. The molecule has 0 saturated heterocycles. The Balaban J connectivity index is 2.27. The fraction of sp³-hybridized carbons (Fsp3) is 0.444. The summed E-state index contributed by atoms with van der Waals surface area (Å²) in [6.07, 6.45) is 8.48. The van der Waals surface area contributed by atoms with E-state index >= 15 is 0 Å². The maximum atomic E-state index is 4.33. The minimum absolute atomic E-state index is 1.06. The summed E-state index contributed by atoms with van der Waals surface area (Å²) >= 11 is 0. The largest absolute Gasteiger partial charge is 0.376 e. The zero-order chi connectivity index (χ0) is 7.68. The van der Waals surface area contributed by atoms with Gasteiger partial charge in [-0.2, -0.15) is 0 Å². The predicted molar refractivity (Wildman–Crippen MR) is 46.5 cm³/mol. The van der Waals surface area contributed by atoms with E-state index in [2.05, 4.69) is 29.2 Å². The molecule has 0 aliphatic carbocycles. The molecule has 0 aromatic rings. The van der Waals surface area contributed by atoms with E-state index in [0.29, 0.717) is 0 Å². The van der Waals surface area contributed by atoms with E-state index < -0.39 is 0 Å². The van der Waals surface area contributed by atoms with Crippen LogP contribution in [-0.2, 0) is 0 Å². The molecule has 58 valence electrons. The van der Waals surface area contributed by atoms with Gasteiger partial charge in [0.2, 0.25) is 0 Å². The Kier molecular flexibility index (Phi) is 1.53. The van der Waals surface area contributed by atoms with Gasteiger partial charge in [-0.05, 0) is 24.5 Å². The smallest absolute Gasteiger partial charge is 0.0649 e. The molecule has 0 radical (unpaired) electrons. The van der Waals surface area contributed by atoms with Crippen LogP contribution in [0.4, 0.5) is 0 Å². The van der Waals surface area contributed by atoms with Crippen LogP contribution >= 0.6 is 0 Å². The van der Waals surface area contributed by atoms with Crippen molar-refractivity contribution >= 4 is 6.21 Å². The van der Waals surface area contributed by atoms with E-state index in [0.717, 1.165) is 13.0 Å². The second kappa shape index (κ2) is 2.53. The van der Waals surface area contributed by atoms with Gasteiger partial charge in [0.05, 0.1) is 5.70 Å². The highest BCUT2D eigenvalue weighted by Crippen LogP contribution is 2.21. The van der Waals surface area contributed by atoms with Crippen LogP contribution in [0.5, 0.6) is 0 Å². The topological polar surface area (TPSA) is 15.6 Å². The molecule has 2 nitrogen and oxygen atoms in total. The first-order valence-electron chi connectivity index (χ1n) is 3.99. The zero-order valence-electron chi connectivity index (χ0n) is 6.75. The molecule has 0 fully saturated rings. The quantitative estimate of drug-likeness (QED) is 0.509. The molecule has 0 N–H and O–H groups in total. The molecule has 11 heavy (non-hydrogen) atoms. The van der Waals surface area contributed by atoms with E-state index in [-0.39, 0.29) is 0 Å². The fourth-order valence-electron chi connectivity index (χ4n) is 1.49. The normalized spacial score (nSPS) is 22.5. The minimum Gasteiger partial charge on any atom is -0.376 e. The molecule has 2 aliphatic rings. The SMILES string of the molecule is CN1C=CC2=C(CCC=N2)C1. The van der Waals surface area contributed by atoms with Crippen LogP contribution in [0, 0.1) is 0 Å². The third kappa shape index (κ3) is 1.20. The summed E-state index contributed by atoms with van der Waals surface area (Å²) in [6, 6.07) is 0. The van der Waals surface area contributed by atoms with Crippen LogP contribution in [0.2, 0.25) is 0 Å². The summed E-state index contributed by atoms with van der Waals surface area (Å²) in [5, 5.41) is 0. The number of rotatable bonds is 0. The van der Waals surface area contributed by atoms with Gasteiger partial charge >= 0.3 is 0 Å². The summed E-state index contributed by atoms with van der Waals surface area (Å²) in [5.41, 5.74) is 2.67. The summed E-state index contributed by atoms with van der Waals surface area (Å²) in [5.74, 6) is 0. The summed E-state index contributed by atoms with van der Waals surface area (Å²) in [7, 11) is 2.10. The fourth-order valence-corrected chi connectivity index (χ4v) is 1.49. The Hall–Kier alpha value is -1.05. The van der Waals surface area contributed by atoms with Crippen molar-refractivity contribution in [2.24, 2.45) is 4.99 Å². The lowest BCUT2D eigenvalue weighted by atomic mass is 10.0. The number of allylic oxidation sites excluding steroid dienone is 1. The van der Waals surface area contributed by atoms with Crippen molar-refractivity contribution < 1.29 is 0 Å². The molecular formula is C9H12N2. The number of hydrogen-bond acceptors (Lipinski definition) is 2. The Morgan fingerprint density at radius 3 is 3.36 bits per heavy atom. The minimum atomic E-state index is 1.06. The Labute approximate surface area is 66.9 Å². The molecule has 2 heteroatoms. The van der Waals surface area contributed by atoms with Crippen LogP contribution in [0.25, 0.3) is 0 Å². The molecule has 0 atom stereocenters. The Morgan fingerprint density at radius 2 is 2.45 bits per heavy atom. The van der Waals surface area contributed by atoms with Gasteiger partial charge in [-0.1, -0.05) is 0 Å². The number of likely N-dealkylation sites (N-methyl/N-ethyl adjacent to an activating group) is 1. The predicted octanol–water partition coefficient (Wildman–Crippen LogP) is 1.56. The highest BCUT2D eigenvalue weighted by Gasteiger charge is 2.11. The number of hydrogen-bond donors (Lipinski definition) is 0.